The fraction of sp³-hybridized carbons (Fsp3) is 0.200. The van der Waals surface area contributed by atoms with Crippen molar-refractivity contribution >= 4 is 39.1 Å². The molecular formula is C25H24BrN3O3. The van der Waals surface area contributed by atoms with Crippen molar-refractivity contribution in [1.29, 1.82) is 0 Å². The van der Waals surface area contributed by atoms with Gasteiger partial charge in [-0.15, -0.1) is 0 Å². The van der Waals surface area contributed by atoms with Crippen LogP contribution in [0.1, 0.15) is 10.4 Å². The van der Waals surface area contributed by atoms with Gasteiger partial charge >= 0.3 is 0 Å². The Morgan fingerprint density at radius 1 is 0.844 bits per heavy atom. The van der Waals surface area contributed by atoms with Gasteiger partial charge in [-0.25, -0.2) is 0 Å². The van der Waals surface area contributed by atoms with E-state index in [1.807, 2.05) is 83.8 Å². The van der Waals surface area contributed by atoms with Crippen molar-refractivity contribution in [2.45, 2.75) is 0 Å². The van der Waals surface area contributed by atoms with Crippen LogP contribution >= 0.6 is 15.9 Å². The highest BCUT2D eigenvalue weighted by Crippen LogP contribution is 2.27. The first-order valence-electron chi connectivity index (χ1n) is 10.5. The lowest BCUT2D eigenvalue weighted by atomic mass is 10.1. The van der Waals surface area contributed by atoms with E-state index in [0.29, 0.717) is 37.5 Å². The molecule has 1 aliphatic heterocycles. The molecule has 1 heterocycles. The molecule has 0 bridgehead atoms. The highest BCUT2D eigenvalue weighted by atomic mass is 79.9. The van der Waals surface area contributed by atoms with Gasteiger partial charge in [0.25, 0.3) is 11.8 Å². The van der Waals surface area contributed by atoms with E-state index in [0.717, 1.165) is 15.8 Å². The Balaban J connectivity index is 1.34. The van der Waals surface area contributed by atoms with E-state index >= 15 is 0 Å². The second kappa shape index (κ2) is 10.3. The number of nitrogens with one attached hydrogen (secondary N) is 1. The first-order valence-corrected chi connectivity index (χ1v) is 11.3. The number of halogens is 1. The van der Waals surface area contributed by atoms with Gasteiger partial charge in [0.2, 0.25) is 0 Å². The first-order chi connectivity index (χ1) is 15.6. The van der Waals surface area contributed by atoms with Gasteiger partial charge in [-0.3, -0.25) is 9.59 Å². The maximum Gasteiger partial charge on any atom is 0.262 e. The number of para-hydroxylation sites is 2. The minimum absolute atomic E-state index is 0.0527. The Labute approximate surface area is 195 Å². The molecule has 1 N–H and O–H groups in total. The summed E-state index contributed by atoms with van der Waals surface area (Å²) in [6.07, 6.45) is 0. The monoisotopic (exact) mass is 493 g/mol. The van der Waals surface area contributed by atoms with Crippen LogP contribution in [-0.4, -0.2) is 49.5 Å². The van der Waals surface area contributed by atoms with E-state index in [9.17, 15) is 9.59 Å². The van der Waals surface area contributed by atoms with Crippen LogP contribution in [0.5, 0.6) is 5.75 Å². The third kappa shape index (κ3) is 5.48. The van der Waals surface area contributed by atoms with E-state index in [1.54, 1.807) is 0 Å². The molecule has 0 spiro atoms. The smallest absolute Gasteiger partial charge is 0.262 e. The minimum Gasteiger partial charge on any atom is -0.484 e. The summed E-state index contributed by atoms with van der Waals surface area (Å²) in [6, 6.07) is 24.4. The summed E-state index contributed by atoms with van der Waals surface area (Å²) in [5, 5.41) is 2.95. The Hall–Kier alpha value is -3.32. The van der Waals surface area contributed by atoms with Crippen molar-refractivity contribution in [3.05, 3.63) is 88.9 Å². The topological polar surface area (TPSA) is 61.9 Å². The number of nitrogens with zero attached hydrogens (tertiary/aromatic N) is 2. The lowest BCUT2D eigenvalue weighted by Gasteiger charge is -2.37. The van der Waals surface area contributed by atoms with Crippen molar-refractivity contribution in [3.8, 4) is 5.75 Å². The molecule has 0 saturated carbocycles. The fourth-order valence-corrected chi connectivity index (χ4v) is 3.90. The zero-order chi connectivity index (χ0) is 22.3. The predicted octanol–water partition coefficient (Wildman–Crippen LogP) is 4.43. The summed E-state index contributed by atoms with van der Waals surface area (Å²) in [6.45, 7) is 2.57. The maximum absolute atomic E-state index is 12.7. The number of rotatable bonds is 6. The van der Waals surface area contributed by atoms with Crippen LogP contribution in [0.2, 0.25) is 0 Å². The van der Waals surface area contributed by atoms with Crippen LogP contribution in [0.25, 0.3) is 0 Å². The number of anilines is 2. The van der Waals surface area contributed by atoms with Crippen molar-refractivity contribution in [2.24, 2.45) is 0 Å². The summed E-state index contributed by atoms with van der Waals surface area (Å²) >= 11 is 3.38. The second-order valence-corrected chi connectivity index (χ2v) is 8.37. The molecule has 7 heteroatoms. The van der Waals surface area contributed by atoms with Crippen molar-refractivity contribution in [2.75, 3.05) is 43.0 Å². The molecule has 0 aliphatic carbocycles. The largest absolute Gasteiger partial charge is 0.484 e. The van der Waals surface area contributed by atoms with E-state index < -0.39 is 0 Å². The SMILES string of the molecule is O=C(COc1ccc(Br)cc1)Nc1ccccc1N1CCN(C(=O)c2ccccc2)CC1. The van der Waals surface area contributed by atoms with Crippen molar-refractivity contribution in [1.82, 2.24) is 4.90 Å². The number of piperazine rings is 1. The first kappa shape index (κ1) is 21.9. The predicted molar refractivity (Wildman–Crippen MR) is 129 cm³/mol. The van der Waals surface area contributed by atoms with Gasteiger partial charge in [-0.2, -0.15) is 0 Å². The summed E-state index contributed by atoms with van der Waals surface area (Å²) in [5.74, 6) is 0.464. The molecule has 1 fully saturated rings. The van der Waals surface area contributed by atoms with Gasteiger partial charge in [-0.05, 0) is 48.5 Å². The van der Waals surface area contributed by atoms with Gasteiger partial charge in [0.05, 0.1) is 11.4 Å². The zero-order valence-corrected chi connectivity index (χ0v) is 19.1. The van der Waals surface area contributed by atoms with Crippen molar-refractivity contribution < 1.29 is 14.3 Å². The van der Waals surface area contributed by atoms with Gasteiger partial charge in [0.15, 0.2) is 6.61 Å². The molecular weight excluding hydrogens is 470 g/mol. The highest BCUT2D eigenvalue weighted by molar-refractivity contribution is 9.10. The molecule has 3 aromatic rings. The Kier molecular flexibility index (Phi) is 7.07. The number of carbonyl (C=O) groups excluding carboxylic acids is 2. The van der Waals surface area contributed by atoms with Gasteiger partial charge in [0.1, 0.15) is 5.75 Å². The number of amides is 2. The van der Waals surface area contributed by atoms with Gasteiger partial charge < -0.3 is 19.9 Å². The maximum atomic E-state index is 12.7. The quantitative estimate of drug-likeness (QED) is 0.551. The summed E-state index contributed by atoms with van der Waals surface area (Å²) in [7, 11) is 0. The average Bonchev–Trinajstić information content (AvgIpc) is 2.84. The Morgan fingerprint density at radius 3 is 2.22 bits per heavy atom. The molecule has 0 unspecified atom stereocenters. The second-order valence-electron chi connectivity index (χ2n) is 7.45. The Morgan fingerprint density at radius 2 is 1.50 bits per heavy atom. The molecule has 2 amide bonds. The van der Waals surface area contributed by atoms with Crippen LogP contribution < -0.4 is 15.0 Å². The number of benzene rings is 3. The molecule has 32 heavy (non-hydrogen) atoms. The van der Waals surface area contributed by atoms with Crippen LogP contribution in [-0.2, 0) is 4.79 Å². The van der Waals surface area contributed by atoms with E-state index in [4.69, 9.17) is 4.74 Å². The van der Waals surface area contributed by atoms with Gasteiger partial charge in [-0.1, -0.05) is 46.3 Å². The molecule has 0 atom stereocenters. The van der Waals surface area contributed by atoms with E-state index in [2.05, 4.69) is 26.1 Å². The lowest BCUT2D eigenvalue weighted by molar-refractivity contribution is -0.118. The Bertz CT molecular complexity index is 1070. The lowest BCUT2D eigenvalue weighted by Crippen LogP contribution is -2.49. The van der Waals surface area contributed by atoms with Gasteiger partial charge in [0, 0.05) is 36.2 Å². The highest BCUT2D eigenvalue weighted by Gasteiger charge is 2.23. The molecule has 0 radical (unpaired) electrons. The van der Waals surface area contributed by atoms with Crippen LogP contribution in [0.15, 0.2) is 83.3 Å². The summed E-state index contributed by atoms with van der Waals surface area (Å²) < 4.78 is 6.52. The zero-order valence-electron chi connectivity index (χ0n) is 17.5. The summed E-state index contributed by atoms with van der Waals surface area (Å²) in [4.78, 5) is 29.2. The molecule has 164 valence electrons. The van der Waals surface area contributed by atoms with Crippen LogP contribution in [0, 0.1) is 0 Å². The standard InChI is InChI=1S/C25H24BrN3O3/c26-20-10-12-21(13-11-20)32-18-24(30)27-22-8-4-5-9-23(22)28-14-16-29(17-15-28)25(31)19-6-2-1-3-7-19/h1-13H,14-18H2,(H,27,30). The minimum atomic E-state index is -0.224. The number of ether oxygens (including phenoxy) is 1. The molecule has 4 rings (SSSR count). The van der Waals surface area contributed by atoms with E-state index in [-0.39, 0.29) is 18.4 Å². The molecule has 0 aromatic heterocycles. The van der Waals surface area contributed by atoms with Crippen LogP contribution in [0.3, 0.4) is 0 Å². The molecule has 1 aliphatic rings. The third-order valence-corrected chi connectivity index (χ3v) is 5.82. The third-order valence-electron chi connectivity index (χ3n) is 5.29. The molecule has 1 saturated heterocycles. The van der Waals surface area contributed by atoms with Crippen LogP contribution in [0.4, 0.5) is 11.4 Å². The fourth-order valence-electron chi connectivity index (χ4n) is 3.63. The van der Waals surface area contributed by atoms with Crippen molar-refractivity contribution in [3.63, 3.8) is 0 Å². The number of hydrogen-bond donors (Lipinski definition) is 1. The normalized spacial score (nSPS) is 13.5. The van der Waals surface area contributed by atoms with E-state index in [1.165, 1.54) is 0 Å². The summed E-state index contributed by atoms with van der Waals surface area (Å²) in [5.41, 5.74) is 2.38. The number of carbonyl (C=O) groups is 2. The molecule has 3 aromatic carbocycles. The number of hydrogen-bond acceptors (Lipinski definition) is 4. The average molecular weight is 494 g/mol. The molecule has 6 nitrogen and oxygen atoms in total.